The number of ether oxygens (including phenoxy) is 1. The minimum atomic E-state index is -1.90. The minimum Gasteiger partial charge on any atom is -0.393 e. The third kappa shape index (κ3) is 3.15. The van der Waals surface area contributed by atoms with E-state index in [9.17, 15) is 24.5 Å². The van der Waals surface area contributed by atoms with Gasteiger partial charge in [0.05, 0.1) is 18.9 Å². The first-order valence-corrected chi connectivity index (χ1v) is 8.91. The number of amides is 1. The second-order valence-electron chi connectivity index (χ2n) is 6.79. The van der Waals surface area contributed by atoms with Crippen molar-refractivity contribution in [2.45, 2.75) is 24.0 Å². The van der Waals surface area contributed by atoms with E-state index in [1.165, 1.54) is 16.9 Å². The number of hydrogen-bond donors (Lipinski definition) is 4. The first kappa shape index (κ1) is 19.4. The lowest BCUT2D eigenvalue weighted by molar-refractivity contribution is -0.137. The largest absolute Gasteiger partial charge is 0.393 e. The molecule has 3 aromatic rings. The van der Waals surface area contributed by atoms with E-state index in [0.717, 1.165) is 0 Å². The highest BCUT2D eigenvalue weighted by molar-refractivity contribution is 6.05. The van der Waals surface area contributed by atoms with Crippen LogP contribution in [0.1, 0.15) is 22.2 Å². The van der Waals surface area contributed by atoms with Gasteiger partial charge in [0.2, 0.25) is 0 Å². The van der Waals surface area contributed by atoms with E-state index in [1.54, 1.807) is 36.4 Å². The fraction of sp³-hybridized carbons (Fsp3) is 0.316. The Morgan fingerprint density at radius 2 is 1.93 bits per heavy atom. The molecule has 2 aromatic heterocycles. The number of carbonyl (C=O) groups excluding carboxylic acids is 1. The van der Waals surface area contributed by atoms with E-state index in [-0.39, 0.29) is 17.4 Å². The summed E-state index contributed by atoms with van der Waals surface area (Å²) in [6.07, 6.45) is -3.70. The maximum atomic E-state index is 14.7. The fourth-order valence-corrected chi connectivity index (χ4v) is 3.41. The monoisotopic (exact) mass is 402 g/mol. The molecule has 1 fully saturated rings. The van der Waals surface area contributed by atoms with Crippen LogP contribution in [0.15, 0.2) is 48.8 Å². The Morgan fingerprint density at radius 3 is 2.59 bits per heavy atom. The van der Waals surface area contributed by atoms with Crippen LogP contribution >= 0.6 is 0 Å². The topological polar surface area (TPSA) is 129 Å². The smallest absolute Gasteiger partial charge is 0.256 e. The molecule has 1 aliphatic heterocycles. The average molecular weight is 402 g/mol. The van der Waals surface area contributed by atoms with Gasteiger partial charge in [-0.25, -0.2) is 13.9 Å². The number of aliphatic hydroxyl groups excluding tert-OH is 3. The zero-order valence-electron chi connectivity index (χ0n) is 15.1. The van der Waals surface area contributed by atoms with Crippen LogP contribution in [0.4, 0.5) is 10.2 Å². The van der Waals surface area contributed by atoms with Crippen molar-refractivity contribution >= 4 is 17.2 Å². The van der Waals surface area contributed by atoms with Crippen molar-refractivity contribution in [3.63, 3.8) is 0 Å². The van der Waals surface area contributed by atoms with Crippen molar-refractivity contribution in [3.05, 3.63) is 60.0 Å². The number of aromatic nitrogens is 3. The molecule has 1 aliphatic rings. The number of fused-ring (bicyclic) bond motifs is 1. The fourth-order valence-electron chi connectivity index (χ4n) is 3.41. The van der Waals surface area contributed by atoms with Gasteiger partial charge in [-0.2, -0.15) is 5.10 Å². The van der Waals surface area contributed by atoms with E-state index in [4.69, 9.17) is 4.74 Å². The van der Waals surface area contributed by atoms with Gasteiger partial charge in [0.15, 0.2) is 12.0 Å². The van der Waals surface area contributed by atoms with Gasteiger partial charge < -0.3 is 25.4 Å². The average Bonchev–Trinajstić information content (AvgIpc) is 3.29. The molecule has 3 atom stereocenters. The molecule has 0 radical (unpaired) electrons. The summed E-state index contributed by atoms with van der Waals surface area (Å²) in [4.78, 5) is 16.5. The number of nitrogens with one attached hydrogen (secondary N) is 1. The SMILES string of the molecule is O=C(Nc1ncnn2c([C@@H]3OC(CO)(CO)[C@@H](O)[C@H]3F)ccc12)c1ccccc1. The summed E-state index contributed by atoms with van der Waals surface area (Å²) in [6, 6.07) is 11.7. The molecule has 3 heterocycles. The van der Waals surface area contributed by atoms with Crippen LogP contribution in [0.3, 0.4) is 0 Å². The van der Waals surface area contributed by atoms with Crippen LogP contribution in [-0.4, -0.2) is 66.9 Å². The second-order valence-corrected chi connectivity index (χ2v) is 6.79. The first-order valence-electron chi connectivity index (χ1n) is 8.91. The number of rotatable bonds is 5. The standard InChI is InChI=1S/C19H19FN4O5/c20-14-15(29-19(8-25,9-26)16(14)27)12-6-7-13-17(21-10-22-24(12)13)23-18(28)11-4-2-1-3-5-11/h1-7,10,14-16,25-27H,8-9H2,(H,21,22,23,28)/t14-,15-,16-/m0/s1. The van der Waals surface area contributed by atoms with Crippen LogP contribution in [0, 0.1) is 0 Å². The number of alkyl halides is 1. The highest BCUT2D eigenvalue weighted by Gasteiger charge is 2.56. The van der Waals surface area contributed by atoms with E-state index >= 15 is 0 Å². The predicted octanol–water partition coefficient (Wildman–Crippen LogP) is 0.475. The Labute approximate surface area is 164 Å². The lowest BCUT2D eigenvalue weighted by atomic mass is 9.96. The molecule has 0 spiro atoms. The van der Waals surface area contributed by atoms with E-state index in [0.29, 0.717) is 11.1 Å². The summed E-state index contributed by atoms with van der Waals surface area (Å²) < 4.78 is 21.6. The Balaban J connectivity index is 1.67. The highest BCUT2D eigenvalue weighted by Crippen LogP contribution is 2.42. The highest BCUT2D eigenvalue weighted by atomic mass is 19.1. The number of benzene rings is 1. The molecule has 9 nitrogen and oxygen atoms in total. The molecule has 4 rings (SSSR count). The van der Waals surface area contributed by atoms with Crippen molar-refractivity contribution in [1.29, 1.82) is 0 Å². The van der Waals surface area contributed by atoms with Gasteiger partial charge >= 0.3 is 0 Å². The molecule has 1 amide bonds. The molecule has 4 N–H and O–H groups in total. The number of nitrogens with zero attached hydrogens (tertiary/aromatic N) is 3. The van der Waals surface area contributed by atoms with Gasteiger partial charge in [-0.3, -0.25) is 4.79 Å². The Bertz CT molecular complexity index is 1020. The second kappa shape index (κ2) is 7.48. The molecule has 0 bridgehead atoms. The summed E-state index contributed by atoms with van der Waals surface area (Å²) in [5.41, 5.74) is -0.737. The van der Waals surface area contributed by atoms with Gasteiger partial charge in [0.25, 0.3) is 5.91 Å². The number of anilines is 1. The van der Waals surface area contributed by atoms with E-state index in [1.807, 2.05) is 0 Å². The number of hydrogen-bond acceptors (Lipinski definition) is 7. The lowest BCUT2D eigenvalue weighted by Crippen LogP contribution is -2.48. The van der Waals surface area contributed by atoms with Gasteiger partial charge in [-0.1, -0.05) is 18.2 Å². The molecular weight excluding hydrogens is 383 g/mol. The zero-order chi connectivity index (χ0) is 20.6. The molecule has 0 aliphatic carbocycles. The lowest BCUT2D eigenvalue weighted by Gasteiger charge is -2.27. The quantitative estimate of drug-likeness (QED) is 0.488. The molecule has 152 valence electrons. The van der Waals surface area contributed by atoms with Crippen molar-refractivity contribution in [1.82, 2.24) is 14.6 Å². The molecular formula is C19H19FN4O5. The molecule has 1 aromatic carbocycles. The van der Waals surface area contributed by atoms with Crippen molar-refractivity contribution in [2.75, 3.05) is 18.5 Å². The summed E-state index contributed by atoms with van der Waals surface area (Å²) in [5.74, 6) is -0.158. The predicted molar refractivity (Wildman–Crippen MR) is 99.0 cm³/mol. The van der Waals surface area contributed by atoms with Crippen LogP contribution in [0.5, 0.6) is 0 Å². The maximum Gasteiger partial charge on any atom is 0.256 e. The van der Waals surface area contributed by atoms with Crippen LogP contribution in [0.25, 0.3) is 5.52 Å². The van der Waals surface area contributed by atoms with Gasteiger partial charge in [0, 0.05) is 5.56 Å². The summed E-state index contributed by atoms with van der Waals surface area (Å²) in [6.45, 7) is -1.50. The number of halogens is 1. The Hall–Kier alpha value is -2.92. The van der Waals surface area contributed by atoms with Crippen LogP contribution in [0.2, 0.25) is 0 Å². The summed E-state index contributed by atoms with van der Waals surface area (Å²) >= 11 is 0. The number of aliphatic hydroxyl groups is 3. The van der Waals surface area contributed by atoms with Crippen molar-refractivity contribution in [2.24, 2.45) is 0 Å². The Morgan fingerprint density at radius 1 is 1.21 bits per heavy atom. The van der Waals surface area contributed by atoms with Gasteiger partial charge in [-0.15, -0.1) is 0 Å². The molecule has 0 unspecified atom stereocenters. The van der Waals surface area contributed by atoms with Crippen molar-refractivity contribution < 1.29 is 29.2 Å². The normalized spacial score (nSPS) is 23.4. The van der Waals surface area contributed by atoms with E-state index < -0.39 is 37.2 Å². The minimum absolute atomic E-state index is 0.213. The zero-order valence-corrected chi connectivity index (χ0v) is 15.1. The molecule has 29 heavy (non-hydrogen) atoms. The Kier molecular flexibility index (Phi) is 5.01. The van der Waals surface area contributed by atoms with Gasteiger partial charge in [-0.05, 0) is 24.3 Å². The van der Waals surface area contributed by atoms with Crippen molar-refractivity contribution in [3.8, 4) is 0 Å². The van der Waals surface area contributed by atoms with Crippen LogP contribution < -0.4 is 5.32 Å². The summed E-state index contributed by atoms with van der Waals surface area (Å²) in [7, 11) is 0. The molecule has 0 saturated carbocycles. The van der Waals surface area contributed by atoms with E-state index in [2.05, 4.69) is 15.4 Å². The molecule has 10 heteroatoms. The number of carbonyl (C=O) groups is 1. The third-order valence-electron chi connectivity index (χ3n) is 5.07. The molecule has 1 saturated heterocycles. The van der Waals surface area contributed by atoms with Gasteiger partial charge in [0.1, 0.15) is 29.7 Å². The maximum absolute atomic E-state index is 14.7. The van der Waals surface area contributed by atoms with Crippen LogP contribution in [-0.2, 0) is 4.74 Å². The first-order chi connectivity index (χ1) is 14.0. The summed E-state index contributed by atoms with van der Waals surface area (Å²) in [5, 5.41) is 35.9. The third-order valence-corrected chi connectivity index (χ3v) is 5.07.